The van der Waals surface area contributed by atoms with Crippen molar-refractivity contribution < 1.29 is 22.7 Å². The molecule has 0 spiro atoms. The van der Waals surface area contributed by atoms with E-state index in [0.717, 1.165) is 27.3 Å². The van der Waals surface area contributed by atoms with Gasteiger partial charge in [0.2, 0.25) is 5.91 Å². The van der Waals surface area contributed by atoms with Crippen molar-refractivity contribution >= 4 is 11.6 Å². The second-order valence-corrected chi connectivity index (χ2v) is 6.46. The third-order valence-corrected chi connectivity index (χ3v) is 4.27. The van der Waals surface area contributed by atoms with Gasteiger partial charge in [-0.05, 0) is 49.4 Å². The summed E-state index contributed by atoms with van der Waals surface area (Å²) in [7, 11) is 0. The molecule has 2 aromatic carbocycles. The lowest BCUT2D eigenvalue weighted by molar-refractivity contribution is -0.137. The Morgan fingerprint density at radius 2 is 1.74 bits per heavy atom. The van der Waals surface area contributed by atoms with Gasteiger partial charge in [-0.2, -0.15) is 13.2 Å². The number of aromatic nitrogens is 2. The van der Waals surface area contributed by atoms with Crippen LogP contribution in [0.15, 0.2) is 70.5 Å². The van der Waals surface area contributed by atoms with Crippen molar-refractivity contribution in [2.45, 2.75) is 19.6 Å². The predicted molar refractivity (Wildman–Crippen MR) is 108 cm³/mol. The Hall–Kier alpha value is -3.82. The van der Waals surface area contributed by atoms with Crippen molar-refractivity contribution in [1.82, 2.24) is 9.13 Å². The van der Waals surface area contributed by atoms with Gasteiger partial charge in [-0.15, -0.1) is 0 Å². The van der Waals surface area contributed by atoms with Gasteiger partial charge in [0.1, 0.15) is 12.3 Å². The van der Waals surface area contributed by atoms with Crippen LogP contribution in [0.1, 0.15) is 12.5 Å². The summed E-state index contributed by atoms with van der Waals surface area (Å²) in [5.41, 5.74) is -2.38. The molecule has 1 amide bonds. The van der Waals surface area contributed by atoms with Gasteiger partial charge in [-0.1, -0.05) is 6.07 Å². The van der Waals surface area contributed by atoms with Gasteiger partial charge in [-0.3, -0.25) is 23.5 Å². The van der Waals surface area contributed by atoms with Gasteiger partial charge in [0, 0.05) is 23.8 Å². The number of nitrogens with one attached hydrogen (secondary N) is 1. The Kier molecular flexibility index (Phi) is 6.28. The minimum absolute atomic E-state index is 0.0735. The van der Waals surface area contributed by atoms with Crippen LogP contribution < -0.4 is 21.2 Å². The van der Waals surface area contributed by atoms with Crippen molar-refractivity contribution in [3.8, 4) is 11.4 Å². The quantitative estimate of drug-likeness (QED) is 0.606. The summed E-state index contributed by atoms with van der Waals surface area (Å²) in [4.78, 5) is 37.0. The standard InChI is InChI=1S/C21H18F3N3O4/c1-2-31-17-8-6-16(7-9-17)27-11-10-26(19(29)20(27)30)13-18(28)25-15-5-3-4-14(12-15)21(22,23)24/h3-12H,2,13H2,1H3,(H,25,28). The van der Waals surface area contributed by atoms with E-state index < -0.39 is 35.3 Å². The highest BCUT2D eigenvalue weighted by atomic mass is 19.4. The lowest BCUT2D eigenvalue weighted by Crippen LogP contribution is -2.41. The van der Waals surface area contributed by atoms with E-state index in [-0.39, 0.29) is 5.69 Å². The summed E-state index contributed by atoms with van der Waals surface area (Å²) in [6.45, 7) is 1.79. The van der Waals surface area contributed by atoms with Crippen molar-refractivity contribution in [1.29, 1.82) is 0 Å². The Morgan fingerprint density at radius 1 is 1.03 bits per heavy atom. The molecule has 0 unspecified atom stereocenters. The van der Waals surface area contributed by atoms with Gasteiger partial charge in [0.25, 0.3) is 0 Å². The lowest BCUT2D eigenvalue weighted by Gasteiger charge is -2.11. The molecule has 0 saturated carbocycles. The van der Waals surface area contributed by atoms with Gasteiger partial charge < -0.3 is 10.1 Å². The Bertz CT molecular complexity index is 1200. The summed E-state index contributed by atoms with van der Waals surface area (Å²) in [6, 6.07) is 10.6. The Labute approximate surface area is 174 Å². The fourth-order valence-corrected chi connectivity index (χ4v) is 2.83. The maximum absolute atomic E-state index is 12.8. The molecule has 0 radical (unpaired) electrons. The van der Waals surface area contributed by atoms with E-state index in [1.54, 1.807) is 24.3 Å². The van der Waals surface area contributed by atoms with Crippen LogP contribution in [0.3, 0.4) is 0 Å². The number of halogens is 3. The highest BCUT2D eigenvalue weighted by molar-refractivity contribution is 5.90. The number of hydrogen-bond acceptors (Lipinski definition) is 4. The van der Waals surface area contributed by atoms with Crippen molar-refractivity contribution in [2.24, 2.45) is 0 Å². The normalized spacial score (nSPS) is 11.2. The minimum atomic E-state index is -4.55. The van der Waals surface area contributed by atoms with Crippen LogP contribution in [-0.2, 0) is 17.5 Å². The van der Waals surface area contributed by atoms with Crippen molar-refractivity contribution in [2.75, 3.05) is 11.9 Å². The maximum Gasteiger partial charge on any atom is 0.416 e. The first kappa shape index (κ1) is 21.9. The molecule has 31 heavy (non-hydrogen) atoms. The van der Waals surface area contributed by atoms with E-state index in [9.17, 15) is 27.6 Å². The zero-order valence-corrected chi connectivity index (χ0v) is 16.3. The average Bonchev–Trinajstić information content (AvgIpc) is 2.72. The van der Waals surface area contributed by atoms with Crippen LogP contribution >= 0.6 is 0 Å². The Balaban J connectivity index is 1.77. The number of nitrogens with zero attached hydrogens (tertiary/aromatic N) is 2. The van der Waals surface area contributed by atoms with Gasteiger partial charge >= 0.3 is 17.3 Å². The molecule has 0 fully saturated rings. The number of carbonyl (C=O) groups is 1. The number of benzene rings is 2. The smallest absolute Gasteiger partial charge is 0.416 e. The zero-order chi connectivity index (χ0) is 22.6. The second-order valence-electron chi connectivity index (χ2n) is 6.46. The highest BCUT2D eigenvalue weighted by Gasteiger charge is 2.30. The average molecular weight is 433 g/mol. The van der Waals surface area contributed by atoms with Gasteiger partial charge in [0.15, 0.2) is 0 Å². The van der Waals surface area contributed by atoms with E-state index in [2.05, 4.69) is 5.32 Å². The molecule has 1 heterocycles. The van der Waals surface area contributed by atoms with Crippen LogP contribution in [0.25, 0.3) is 5.69 Å². The molecular weight excluding hydrogens is 415 g/mol. The number of anilines is 1. The zero-order valence-electron chi connectivity index (χ0n) is 16.3. The molecule has 0 aliphatic rings. The largest absolute Gasteiger partial charge is 0.494 e. The highest BCUT2D eigenvalue weighted by Crippen LogP contribution is 2.30. The number of rotatable bonds is 6. The molecular formula is C21H18F3N3O4. The topological polar surface area (TPSA) is 82.3 Å². The van der Waals surface area contributed by atoms with Crippen LogP contribution in [0.5, 0.6) is 5.75 Å². The third kappa shape index (κ3) is 5.21. The molecule has 0 bridgehead atoms. The van der Waals surface area contributed by atoms with Gasteiger partial charge in [0.05, 0.1) is 12.2 Å². The van der Waals surface area contributed by atoms with Crippen LogP contribution in [-0.4, -0.2) is 21.6 Å². The summed E-state index contributed by atoms with van der Waals surface area (Å²) in [6.07, 6.45) is -1.97. The molecule has 0 atom stereocenters. The summed E-state index contributed by atoms with van der Waals surface area (Å²) < 4.78 is 45.7. The molecule has 3 rings (SSSR count). The predicted octanol–water partition coefficient (Wildman–Crippen LogP) is 3.06. The van der Waals surface area contributed by atoms with Crippen molar-refractivity contribution in [3.63, 3.8) is 0 Å². The minimum Gasteiger partial charge on any atom is -0.494 e. The number of alkyl halides is 3. The number of ether oxygens (including phenoxy) is 1. The number of hydrogen-bond donors (Lipinski definition) is 1. The van der Waals surface area contributed by atoms with Crippen molar-refractivity contribution in [3.05, 3.63) is 87.2 Å². The first-order valence-corrected chi connectivity index (χ1v) is 9.21. The fourth-order valence-electron chi connectivity index (χ4n) is 2.83. The molecule has 1 aromatic heterocycles. The molecule has 7 nitrogen and oxygen atoms in total. The number of carbonyl (C=O) groups excluding carboxylic acids is 1. The molecule has 10 heteroatoms. The maximum atomic E-state index is 12.8. The second kappa shape index (κ2) is 8.90. The summed E-state index contributed by atoms with van der Waals surface area (Å²) in [5, 5.41) is 2.29. The number of amides is 1. The molecule has 0 aliphatic carbocycles. The Morgan fingerprint density at radius 3 is 2.39 bits per heavy atom. The molecule has 1 N–H and O–H groups in total. The summed E-state index contributed by atoms with van der Waals surface area (Å²) >= 11 is 0. The first-order valence-electron chi connectivity index (χ1n) is 9.21. The molecule has 0 saturated heterocycles. The van der Waals surface area contributed by atoms with Gasteiger partial charge in [-0.25, -0.2) is 0 Å². The van der Waals surface area contributed by atoms with Crippen LogP contribution in [0.2, 0.25) is 0 Å². The molecule has 0 aliphatic heterocycles. The monoisotopic (exact) mass is 433 g/mol. The van der Waals surface area contributed by atoms with Crippen LogP contribution in [0, 0.1) is 0 Å². The molecule has 162 valence electrons. The van der Waals surface area contributed by atoms with E-state index in [4.69, 9.17) is 4.74 Å². The van der Waals surface area contributed by atoms with E-state index in [1.807, 2.05) is 6.92 Å². The SMILES string of the molecule is CCOc1ccc(-n2ccn(CC(=O)Nc3cccc(C(F)(F)F)c3)c(=O)c2=O)cc1. The van der Waals surface area contributed by atoms with E-state index >= 15 is 0 Å². The fraction of sp³-hybridized carbons (Fsp3) is 0.190. The molecule has 3 aromatic rings. The van der Waals surface area contributed by atoms with E-state index in [1.165, 1.54) is 18.5 Å². The third-order valence-electron chi connectivity index (χ3n) is 4.27. The van der Waals surface area contributed by atoms with E-state index in [0.29, 0.717) is 18.0 Å². The summed E-state index contributed by atoms with van der Waals surface area (Å²) in [5.74, 6) is -0.140. The van der Waals surface area contributed by atoms with Crippen LogP contribution in [0.4, 0.5) is 18.9 Å². The first-order chi connectivity index (χ1) is 14.7. The lowest BCUT2D eigenvalue weighted by atomic mass is 10.2.